The summed E-state index contributed by atoms with van der Waals surface area (Å²) in [4.78, 5) is 41.2. The molecule has 146 valence electrons. The summed E-state index contributed by atoms with van der Waals surface area (Å²) < 4.78 is 2.49. The molecule has 0 amide bonds. The SMILES string of the molecule is O=[N+]([O-])c1ccc(-n2cc[n+](-c3ccc([N+](=O)[O-])cc3[N+](=O)[O-])c2)c([N+](=O)[O-])c1. The number of nitrogens with zero attached hydrogens (tertiary/aromatic N) is 6. The average molecular weight is 401 g/mol. The lowest BCUT2D eigenvalue weighted by Gasteiger charge is -2.00. The van der Waals surface area contributed by atoms with Crippen LogP contribution in [0.2, 0.25) is 0 Å². The second-order valence-corrected chi connectivity index (χ2v) is 5.60. The molecule has 0 saturated heterocycles. The predicted molar refractivity (Wildman–Crippen MR) is 93.9 cm³/mol. The van der Waals surface area contributed by atoms with E-state index in [2.05, 4.69) is 0 Å². The Balaban J connectivity index is 2.11. The van der Waals surface area contributed by atoms with Gasteiger partial charge < -0.3 is 0 Å². The Bertz CT molecular complexity index is 1100. The molecule has 0 spiro atoms. The zero-order valence-corrected chi connectivity index (χ0v) is 14.1. The number of hydrogen-bond donors (Lipinski definition) is 0. The van der Waals surface area contributed by atoms with Crippen LogP contribution >= 0.6 is 0 Å². The molecule has 3 aromatic rings. The third-order valence-electron chi connectivity index (χ3n) is 3.93. The first-order valence-electron chi connectivity index (χ1n) is 7.64. The minimum Gasteiger partial charge on any atom is -0.258 e. The molecule has 1 aromatic heterocycles. The summed E-state index contributed by atoms with van der Waals surface area (Å²) in [7, 11) is 0. The average Bonchev–Trinajstić information content (AvgIpc) is 3.16. The van der Waals surface area contributed by atoms with Gasteiger partial charge in [-0.3, -0.25) is 40.5 Å². The molecule has 29 heavy (non-hydrogen) atoms. The zero-order valence-electron chi connectivity index (χ0n) is 14.1. The second-order valence-electron chi connectivity index (χ2n) is 5.60. The van der Waals surface area contributed by atoms with Gasteiger partial charge in [-0.25, -0.2) is 0 Å². The van der Waals surface area contributed by atoms with Gasteiger partial charge in [-0.15, -0.1) is 0 Å². The van der Waals surface area contributed by atoms with Gasteiger partial charge in [0.2, 0.25) is 11.4 Å². The van der Waals surface area contributed by atoms with Crippen LogP contribution in [0.5, 0.6) is 0 Å². The molecule has 2 aromatic carbocycles. The maximum absolute atomic E-state index is 11.3. The Morgan fingerprint density at radius 2 is 1.28 bits per heavy atom. The van der Waals surface area contributed by atoms with Crippen LogP contribution in [0.15, 0.2) is 55.1 Å². The highest BCUT2D eigenvalue weighted by molar-refractivity contribution is 5.58. The standard InChI is InChI=1S/C15H9N6O8/c22-18(23)10-1-3-12(14(7-10)20(26)27)16-5-6-17(9-16)13-4-2-11(19(24)25)8-15(13)21(28)29/h1-9H/q+1. The van der Waals surface area contributed by atoms with Crippen LogP contribution in [0, 0.1) is 40.5 Å². The molecule has 0 fully saturated rings. The van der Waals surface area contributed by atoms with E-state index in [0.29, 0.717) is 0 Å². The summed E-state index contributed by atoms with van der Waals surface area (Å²) in [6.45, 7) is 0. The van der Waals surface area contributed by atoms with Crippen molar-refractivity contribution in [3.8, 4) is 11.4 Å². The van der Waals surface area contributed by atoms with E-state index >= 15 is 0 Å². The summed E-state index contributed by atoms with van der Waals surface area (Å²) in [6, 6.07) is 6.11. The van der Waals surface area contributed by atoms with Gasteiger partial charge in [0.05, 0.1) is 31.8 Å². The fourth-order valence-electron chi connectivity index (χ4n) is 2.62. The first-order chi connectivity index (χ1) is 13.7. The van der Waals surface area contributed by atoms with Crippen molar-refractivity contribution in [3.63, 3.8) is 0 Å². The molecule has 0 aliphatic carbocycles. The van der Waals surface area contributed by atoms with Gasteiger partial charge in [0.15, 0.2) is 0 Å². The lowest BCUT2D eigenvalue weighted by molar-refractivity contribution is -0.600. The largest absolute Gasteiger partial charge is 0.322 e. The highest BCUT2D eigenvalue weighted by atomic mass is 16.6. The molecule has 0 unspecified atom stereocenters. The van der Waals surface area contributed by atoms with Gasteiger partial charge in [-0.2, -0.15) is 9.13 Å². The lowest BCUT2D eigenvalue weighted by atomic mass is 10.2. The molecule has 14 nitrogen and oxygen atoms in total. The summed E-state index contributed by atoms with van der Waals surface area (Å²) >= 11 is 0. The topological polar surface area (TPSA) is 181 Å². The van der Waals surface area contributed by atoms with Crippen LogP contribution in [0.25, 0.3) is 11.4 Å². The molecular weight excluding hydrogens is 392 g/mol. The number of benzene rings is 2. The molecular formula is C15H9N6O8+. The van der Waals surface area contributed by atoms with Crippen LogP contribution in [0.3, 0.4) is 0 Å². The fraction of sp³-hybridized carbons (Fsp3) is 0. The van der Waals surface area contributed by atoms with Crippen molar-refractivity contribution < 1.29 is 24.3 Å². The van der Waals surface area contributed by atoms with Crippen LogP contribution in [0.4, 0.5) is 22.7 Å². The van der Waals surface area contributed by atoms with E-state index in [9.17, 15) is 40.5 Å². The van der Waals surface area contributed by atoms with Crippen molar-refractivity contribution in [2.45, 2.75) is 0 Å². The first kappa shape index (κ1) is 19.0. The van der Waals surface area contributed by atoms with E-state index < -0.39 is 42.4 Å². The van der Waals surface area contributed by atoms with Crippen molar-refractivity contribution >= 4 is 22.7 Å². The maximum atomic E-state index is 11.3. The lowest BCUT2D eigenvalue weighted by Crippen LogP contribution is -2.28. The number of aromatic nitrogens is 2. The number of nitro benzene ring substituents is 4. The molecule has 0 aliphatic heterocycles. The van der Waals surface area contributed by atoms with Gasteiger partial charge in [0, 0.05) is 12.1 Å². The Labute approximate surface area is 159 Å². The van der Waals surface area contributed by atoms with Gasteiger partial charge in [-0.1, -0.05) is 0 Å². The second kappa shape index (κ2) is 7.10. The monoisotopic (exact) mass is 401 g/mol. The molecule has 1 heterocycles. The van der Waals surface area contributed by atoms with Crippen LogP contribution in [-0.4, -0.2) is 24.3 Å². The smallest absolute Gasteiger partial charge is 0.258 e. The van der Waals surface area contributed by atoms with E-state index in [-0.39, 0.29) is 11.4 Å². The van der Waals surface area contributed by atoms with E-state index in [0.717, 1.165) is 24.3 Å². The van der Waals surface area contributed by atoms with Crippen molar-refractivity contribution in [2.24, 2.45) is 0 Å². The number of rotatable bonds is 6. The molecule has 0 saturated carbocycles. The highest BCUT2D eigenvalue weighted by Crippen LogP contribution is 2.28. The first-order valence-corrected chi connectivity index (χ1v) is 7.64. The molecule has 0 N–H and O–H groups in total. The number of hydrogen-bond acceptors (Lipinski definition) is 8. The molecule has 0 aliphatic rings. The number of nitro groups is 4. The van der Waals surface area contributed by atoms with E-state index in [1.54, 1.807) is 0 Å². The zero-order chi connectivity index (χ0) is 21.3. The quantitative estimate of drug-likeness (QED) is 0.342. The third-order valence-corrected chi connectivity index (χ3v) is 3.93. The summed E-state index contributed by atoms with van der Waals surface area (Å²) in [5.74, 6) is 0. The summed E-state index contributed by atoms with van der Waals surface area (Å²) in [5.41, 5.74) is -2.04. The summed E-state index contributed by atoms with van der Waals surface area (Å²) in [6.07, 6.45) is 3.96. The Kier molecular flexibility index (Phi) is 4.66. The Hall–Kier alpha value is -4.75. The van der Waals surface area contributed by atoms with Gasteiger partial charge in [0.1, 0.15) is 12.4 Å². The maximum Gasteiger partial charge on any atom is 0.322 e. The molecule has 3 rings (SSSR count). The normalized spacial score (nSPS) is 10.5. The van der Waals surface area contributed by atoms with Crippen LogP contribution < -0.4 is 4.57 Å². The van der Waals surface area contributed by atoms with Crippen molar-refractivity contribution in [2.75, 3.05) is 0 Å². The van der Waals surface area contributed by atoms with Crippen molar-refractivity contribution in [1.29, 1.82) is 0 Å². The van der Waals surface area contributed by atoms with Crippen LogP contribution in [-0.2, 0) is 0 Å². The molecule has 14 heteroatoms. The number of non-ortho nitro benzene ring substituents is 2. The third kappa shape index (κ3) is 3.57. The summed E-state index contributed by atoms with van der Waals surface area (Å²) in [5, 5.41) is 44.3. The minimum absolute atomic E-state index is 0.0103. The van der Waals surface area contributed by atoms with Crippen LogP contribution in [0.1, 0.15) is 0 Å². The minimum atomic E-state index is -0.791. The predicted octanol–water partition coefficient (Wildman–Crippen LogP) is 2.39. The van der Waals surface area contributed by atoms with E-state index in [4.69, 9.17) is 0 Å². The van der Waals surface area contributed by atoms with Gasteiger partial charge in [-0.05, 0) is 12.1 Å². The Morgan fingerprint density at radius 1 is 0.724 bits per heavy atom. The van der Waals surface area contributed by atoms with Crippen molar-refractivity contribution in [3.05, 3.63) is 95.6 Å². The van der Waals surface area contributed by atoms with Gasteiger partial charge in [0.25, 0.3) is 17.7 Å². The molecule has 0 bridgehead atoms. The van der Waals surface area contributed by atoms with Crippen molar-refractivity contribution in [1.82, 2.24) is 4.57 Å². The van der Waals surface area contributed by atoms with E-state index in [1.807, 2.05) is 0 Å². The Morgan fingerprint density at radius 3 is 1.83 bits per heavy atom. The molecule has 0 atom stereocenters. The van der Waals surface area contributed by atoms with E-state index in [1.165, 1.54) is 40.0 Å². The fourth-order valence-corrected chi connectivity index (χ4v) is 2.62. The molecule has 0 radical (unpaired) electrons. The number of imidazole rings is 1. The van der Waals surface area contributed by atoms with Gasteiger partial charge >= 0.3 is 11.4 Å². The highest BCUT2D eigenvalue weighted by Gasteiger charge is 2.27.